The van der Waals surface area contributed by atoms with Crippen LogP contribution in [-0.2, 0) is 11.3 Å². The average Bonchev–Trinajstić information content (AvgIpc) is 2.51. The third kappa shape index (κ3) is 1.69. The Bertz CT molecular complexity index is 367. The molecule has 2 nitrogen and oxygen atoms in total. The lowest BCUT2D eigenvalue weighted by Gasteiger charge is -2.17. The van der Waals surface area contributed by atoms with Gasteiger partial charge in [0, 0.05) is 12.1 Å². The van der Waals surface area contributed by atoms with E-state index in [1.54, 1.807) is 0 Å². The third-order valence-electron chi connectivity index (χ3n) is 2.48. The standard InChI is InChI=1S/C12H13NO/c1-10-7-8-12(14)13(10)9-11-5-3-2-4-6-11/h2-7H,8-9H2,1H3. The summed E-state index contributed by atoms with van der Waals surface area (Å²) < 4.78 is 0. The Morgan fingerprint density at radius 3 is 2.57 bits per heavy atom. The van der Waals surface area contributed by atoms with Crippen molar-refractivity contribution >= 4 is 5.91 Å². The molecule has 1 amide bonds. The highest BCUT2D eigenvalue weighted by atomic mass is 16.2. The summed E-state index contributed by atoms with van der Waals surface area (Å²) in [5.41, 5.74) is 2.24. The van der Waals surface area contributed by atoms with Crippen molar-refractivity contribution in [3.63, 3.8) is 0 Å². The number of rotatable bonds is 2. The van der Waals surface area contributed by atoms with Gasteiger partial charge >= 0.3 is 0 Å². The van der Waals surface area contributed by atoms with Gasteiger partial charge in [-0.15, -0.1) is 0 Å². The number of carbonyl (C=O) groups is 1. The molecule has 0 aromatic heterocycles. The van der Waals surface area contributed by atoms with E-state index >= 15 is 0 Å². The minimum absolute atomic E-state index is 0.200. The van der Waals surface area contributed by atoms with Gasteiger partial charge in [0.25, 0.3) is 0 Å². The minimum atomic E-state index is 0.200. The number of hydrogen-bond donors (Lipinski definition) is 0. The highest BCUT2D eigenvalue weighted by Gasteiger charge is 2.19. The summed E-state index contributed by atoms with van der Waals surface area (Å²) in [6.45, 7) is 2.68. The maximum Gasteiger partial charge on any atom is 0.230 e. The molecule has 0 saturated carbocycles. The van der Waals surface area contributed by atoms with Crippen LogP contribution in [0.3, 0.4) is 0 Å². The first-order valence-corrected chi connectivity index (χ1v) is 4.78. The van der Waals surface area contributed by atoms with E-state index < -0.39 is 0 Å². The quantitative estimate of drug-likeness (QED) is 0.695. The monoisotopic (exact) mass is 187 g/mol. The molecule has 14 heavy (non-hydrogen) atoms. The van der Waals surface area contributed by atoms with Crippen LogP contribution in [0.4, 0.5) is 0 Å². The van der Waals surface area contributed by atoms with Crippen LogP contribution >= 0.6 is 0 Å². The van der Waals surface area contributed by atoms with Crippen LogP contribution in [0, 0.1) is 0 Å². The number of allylic oxidation sites excluding steroid dienone is 1. The van der Waals surface area contributed by atoms with Crippen LogP contribution in [0.1, 0.15) is 18.9 Å². The molecule has 1 aromatic carbocycles. The molecule has 72 valence electrons. The van der Waals surface area contributed by atoms with Gasteiger partial charge in [0.05, 0.1) is 6.54 Å². The van der Waals surface area contributed by atoms with Gasteiger partial charge in [0.2, 0.25) is 5.91 Å². The fourth-order valence-corrected chi connectivity index (χ4v) is 1.63. The summed E-state index contributed by atoms with van der Waals surface area (Å²) in [6, 6.07) is 10.1. The minimum Gasteiger partial charge on any atom is -0.312 e. The van der Waals surface area contributed by atoms with E-state index in [9.17, 15) is 4.79 Å². The van der Waals surface area contributed by atoms with Crippen molar-refractivity contribution in [2.75, 3.05) is 0 Å². The summed E-state index contributed by atoms with van der Waals surface area (Å²) in [5.74, 6) is 0.200. The number of benzene rings is 1. The molecule has 0 radical (unpaired) electrons. The predicted octanol–water partition coefficient (Wildman–Crippen LogP) is 2.32. The Kier molecular flexibility index (Phi) is 2.35. The molecular formula is C12H13NO. The smallest absolute Gasteiger partial charge is 0.230 e. The van der Waals surface area contributed by atoms with Gasteiger partial charge in [0.15, 0.2) is 0 Å². The molecule has 0 aliphatic carbocycles. The van der Waals surface area contributed by atoms with Crippen molar-refractivity contribution in [2.45, 2.75) is 19.9 Å². The molecule has 0 saturated heterocycles. The van der Waals surface area contributed by atoms with Crippen molar-refractivity contribution in [3.8, 4) is 0 Å². The van der Waals surface area contributed by atoms with E-state index in [2.05, 4.69) is 0 Å². The lowest BCUT2D eigenvalue weighted by Crippen LogP contribution is -2.23. The van der Waals surface area contributed by atoms with Crippen LogP contribution in [-0.4, -0.2) is 10.8 Å². The second-order valence-corrected chi connectivity index (χ2v) is 3.52. The first-order chi connectivity index (χ1) is 6.77. The lowest BCUT2D eigenvalue weighted by atomic mass is 10.2. The van der Waals surface area contributed by atoms with Crippen molar-refractivity contribution in [2.24, 2.45) is 0 Å². The molecule has 1 heterocycles. The molecule has 0 spiro atoms. The maximum atomic E-state index is 11.5. The van der Waals surface area contributed by atoms with Crippen LogP contribution in [0.25, 0.3) is 0 Å². The van der Waals surface area contributed by atoms with E-state index in [-0.39, 0.29) is 5.91 Å². The molecule has 0 bridgehead atoms. The van der Waals surface area contributed by atoms with E-state index in [4.69, 9.17) is 0 Å². The number of amides is 1. The van der Waals surface area contributed by atoms with Gasteiger partial charge in [-0.05, 0) is 12.5 Å². The fraction of sp³-hybridized carbons (Fsp3) is 0.250. The lowest BCUT2D eigenvalue weighted by molar-refractivity contribution is -0.127. The van der Waals surface area contributed by atoms with Crippen LogP contribution in [0.2, 0.25) is 0 Å². The topological polar surface area (TPSA) is 20.3 Å². The zero-order valence-corrected chi connectivity index (χ0v) is 8.23. The first-order valence-electron chi connectivity index (χ1n) is 4.78. The molecule has 0 atom stereocenters. The van der Waals surface area contributed by atoms with Gasteiger partial charge in [-0.2, -0.15) is 0 Å². The number of carbonyl (C=O) groups excluding carboxylic acids is 1. The zero-order valence-electron chi connectivity index (χ0n) is 8.23. The van der Waals surface area contributed by atoms with E-state index in [1.807, 2.05) is 48.2 Å². The van der Waals surface area contributed by atoms with Gasteiger partial charge in [-0.1, -0.05) is 36.4 Å². The first kappa shape index (κ1) is 9.00. The Balaban J connectivity index is 2.12. The fourth-order valence-electron chi connectivity index (χ4n) is 1.63. The van der Waals surface area contributed by atoms with Crippen molar-refractivity contribution in [1.29, 1.82) is 0 Å². The summed E-state index contributed by atoms with van der Waals surface area (Å²) in [5, 5.41) is 0. The van der Waals surface area contributed by atoms with Gasteiger partial charge in [-0.3, -0.25) is 4.79 Å². The number of nitrogens with zero attached hydrogens (tertiary/aromatic N) is 1. The maximum absolute atomic E-state index is 11.5. The predicted molar refractivity (Wildman–Crippen MR) is 55.4 cm³/mol. The summed E-state index contributed by atoms with van der Waals surface area (Å²) in [7, 11) is 0. The van der Waals surface area contributed by atoms with Crippen molar-refractivity contribution in [3.05, 3.63) is 47.7 Å². The summed E-state index contributed by atoms with van der Waals surface area (Å²) in [6.07, 6.45) is 2.53. The Hall–Kier alpha value is -1.57. The highest BCUT2D eigenvalue weighted by molar-refractivity contribution is 5.82. The van der Waals surface area contributed by atoms with Crippen molar-refractivity contribution in [1.82, 2.24) is 4.90 Å². The summed E-state index contributed by atoms with van der Waals surface area (Å²) in [4.78, 5) is 13.3. The normalized spacial score (nSPS) is 15.9. The molecular weight excluding hydrogens is 174 g/mol. The Morgan fingerprint density at radius 2 is 2.00 bits per heavy atom. The summed E-state index contributed by atoms with van der Waals surface area (Å²) >= 11 is 0. The largest absolute Gasteiger partial charge is 0.312 e. The SMILES string of the molecule is CC1=CCC(=O)N1Cc1ccccc1. The molecule has 1 aromatic rings. The van der Waals surface area contributed by atoms with Crippen LogP contribution < -0.4 is 0 Å². The molecule has 1 aliphatic heterocycles. The molecule has 0 N–H and O–H groups in total. The van der Waals surface area contributed by atoms with Crippen LogP contribution in [0.15, 0.2) is 42.1 Å². The Labute approximate surface area is 83.8 Å². The second-order valence-electron chi connectivity index (χ2n) is 3.52. The second kappa shape index (κ2) is 3.66. The molecule has 2 heteroatoms. The molecule has 2 rings (SSSR count). The number of hydrogen-bond acceptors (Lipinski definition) is 1. The van der Waals surface area contributed by atoms with Gasteiger partial charge < -0.3 is 4.90 Å². The van der Waals surface area contributed by atoms with Gasteiger partial charge in [-0.25, -0.2) is 0 Å². The van der Waals surface area contributed by atoms with E-state index in [0.717, 1.165) is 5.70 Å². The average molecular weight is 187 g/mol. The van der Waals surface area contributed by atoms with Crippen molar-refractivity contribution < 1.29 is 4.79 Å². The molecule has 0 unspecified atom stereocenters. The van der Waals surface area contributed by atoms with Gasteiger partial charge in [0.1, 0.15) is 0 Å². The Morgan fingerprint density at radius 1 is 1.29 bits per heavy atom. The van der Waals surface area contributed by atoms with E-state index in [0.29, 0.717) is 13.0 Å². The van der Waals surface area contributed by atoms with E-state index in [1.165, 1.54) is 5.56 Å². The molecule has 0 fully saturated rings. The van der Waals surface area contributed by atoms with Crippen LogP contribution in [0.5, 0.6) is 0 Å². The third-order valence-corrected chi connectivity index (χ3v) is 2.48. The highest BCUT2D eigenvalue weighted by Crippen LogP contribution is 2.18. The molecule has 1 aliphatic rings. The zero-order chi connectivity index (χ0) is 9.97.